The number of rotatable bonds is 4. The second-order valence-corrected chi connectivity index (χ2v) is 3.80. The highest BCUT2D eigenvalue weighted by Crippen LogP contribution is 2.21. The van der Waals surface area contributed by atoms with Crippen molar-refractivity contribution in [2.45, 2.75) is 6.42 Å². The molecule has 0 spiro atoms. The maximum atomic E-state index is 10.8. The molecule has 0 atom stereocenters. The molecule has 0 radical (unpaired) electrons. The third-order valence-corrected chi connectivity index (χ3v) is 2.40. The van der Waals surface area contributed by atoms with Gasteiger partial charge >= 0.3 is 5.97 Å². The third kappa shape index (κ3) is 3.30. The van der Waals surface area contributed by atoms with Crippen LogP contribution in [0.1, 0.15) is 15.9 Å². The van der Waals surface area contributed by atoms with Gasteiger partial charge in [-0.25, -0.2) is 4.79 Å². The summed E-state index contributed by atoms with van der Waals surface area (Å²) >= 11 is 0. The number of benzene rings is 1. The predicted molar refractivity (Wildman–Crippen MR) is 67.0 cm³/mol. The van der Waals surface area contributed by atoms with Crippen LogP contribution in [0.25, 0.3) is 0 Å². The molecule has 1 N–H and O–H groups in total. The number of nitrogens with zero attached hydrogens (tertiary/aromatic N) is 2. The van der Waals surface area contributed by atoms with E-state index >= 15 is 0 Å². The van der Waals surface area contributed by atoms with Gasteiger partial charge in [-0.15, -0.1) is 0 Å². The Labute approximate surface area is 109 Å². The van der Waals surface area contributed by atoms with E-state index in [9.17, 15) is 4.79 Å². The van der Waals surface area contributed by atoms with Crippen molar-refractivity contribution in [3.8, 4) is 17.6 Å². The molecule has 1 aromatic carbocycles. The number of hydrogen-bond donors (Lipinski definition) is 1. The molecule has 0 saturated carbocycles. The van der Waals surface area contributed by atoms with Crippen molar-refractivity contribution in [1.82, 2.24) is 4.98 Å². The average molecular weight is 254 g/mol. The number of aromatic carboxylic acids is 1. The molecule has 5 heteroatoms. The highest BCUT2D eigenvalue weighted by Gasteiger charge is 2.05. The van der Waals surface area contributed by atoms with E-state index in [1.165, 1.54) is 18.5 Å². The standard InChI is InChI=1S/C14H10N2O3/c15-6-5-10-1-3-12(4-2-10)19-13-7-11(14(17)18)8-16-9-13/h1-4,7-9H,5H2,(H,17,18). The van der Waals surface area contributed by atoms with Crippen molar-refractivity contribution < 1.29 is 14.6 Å². The first kappa shape index (κ1) is 12.6. The summed E-state index contributed by atoms with van der Waals surface area (Å²) < 4.78 is 5.49. The average Bonchev–Trinajstić information content (AvgIpc) is 2.42. The monoisotopic (exact) mass is 254 g/mol. The van der Waals surface area contributed by atoms with E-state index in [1.807, 2.05) is 0 Å². The van der Waals surface area contributed by atoms with Crippen LogP contribution >= 0.6 is 0 Å². The molecule has 2 rings (SSSR count). The largest absolute Gasteiger partial charge is 0.478 e. The van der Waals surface area contributed by atoms with Crippen LogP contribution in [0.4, 0.5) is 0 Å². The number of pyridine rings is 1. The number of carboxylic acid groups (broad SMARTS) is 1. The quantitative estimate of drug-likeness (QED) is 0.906. The molecule has 2 aromatic rings. The van der Waals surface area contributed by atoms with Crippen LogP contribution in [0.2, 0.25) is 0 Å². The fourth-order valence-electron chi connectivity index (χ4n) is 1.49. The molecule has 5 nitrogen and oxygen atoms in total. The molecular formula is C14H10N2O3. The first-order chi connectivity index (χ1) is 9.19. The highest BCUT2D eigenvalue weighted by atomic mass is 16.5. The summed E-state index contributed by atoms with van der Waals surface area (Å²) in [7, 11) is 0. The summed E-state index contributed by atoms with van der Waals surface area (Å²) in [6.07, 6.45) is 3.04. The molecule has 1 heterocycles. The van der Waals surface area contributed by atoms with E-state index in [0.717, 1.165) is 5.56 Å². The Morgan fingerprint density at radius 3 is 2.63 bits per heavy atom. The smallest absolute Gasteiger partial charge is 0.337 e. The third-order valence-electron chi connectivity index (χ3n) is 2.40. The lowest BCUT2D eigenvalue weighted by molar-refractivity contribution is 0.0696. The van der Waals surface area contributed by atoms with E-state index in [1.54, 1.807) is 24.3 Å². The van der Waals surface area contributed by atoms with Gasteiger partial charge in [-0.3, -0.25) is 4.98 Å². The number of nitriles is 1. The van der Waals surface area contributed by atoms with Gasteiger partial charge in [-0.2, -0.15) is 5.26 Å². The zero-order valence-corrected chi connectivity index (χ0v) is 9.91. The Hall–Kier alpha value is -2.87. The van der Waals surface area contributed by atoms with Crippen LogP contribution in [0.5, 0.6) is 11.5 Å². The molecule has 0 amide bonds. The lowest BCUT2D eigenvalue weighted by atomic mass is 10.2. The van der Waals surface area contributed by atoms with E-state index < -0.39 is 5.97 Å². The van der Waals surface area contributed by atoms with Crippen LogP contribution in [-0.2, 0) is 6.42 Å². The predicted octanol–water partition coefficient (Wildman–Crippen LogP) is 2.64. The van der Waals surface area contributed by atoms with Crippen LogP contribution in [0.15, 0.2) is 42.7 Å². The van der Waals surface area contributed by atoms with Gasteiger partial charge in [0.15, 0.2) is 0 Å². The zero-order valence-electron chi connectivity index (χ0n) is 9.91. The van der Waals surface area contributed by atoms with E-state index in [0.29, 0.717) is 17.9 Å². The van der Waals surface area contributed by atoms with Gasteiger partial charge in [0.2, 0.25) is 0 Å². The number of aromatic nitrogens is 1. The summed E-state index contributed by atoms with van der Waals surface area (Å²) in [5, 5.41) is 17.4. The minimum Gasteiger partial charge on any atom is -0.478 e. The lowest BCUT2D eigenvalue weighted by Crippen LogP contribution is -1.97. The fraction of sp³-hybridized carbons (Fsp3) is 0.0714. The van der Waals surface area contributed by atoms with Gasteiger partial charge in [-0.05, 0) is 23.8 Å². The van der Waals surface area contributed by atoms with Crippen molar-refractivity contribution in [2.75, 3.05) is 0 Å². The molecule has 19 heavy (non-hydrogen) atoms. The number of ether oxygens (including phenoxy) is 1. The topological polar surface area (TPSA) is 83.2 Å². The first-order valence-electron chi connectivity index (χ1n) is 5.51. The summed E-state index contributed by atoms with van der Waals surface area (Å²) in [6.45, 7) is 0. The molecule has 94 valence electrons. The zero-order chi connectivity index (χ0) is 13.7. The Morgan fingerprint density at radius 1 is 1.26 bits per heavy atom. The summed E-state index contributed by atoms with van der Waals surface area (Å²) in [5.41, 5.74) is 0.964. The van der Waals surface area contributed by atoms with Gasteiger partial charge in [-0.1, -0.05) is 12.1 Å². The highest BCUT2D eigenvalue weighted by molar-refractivity contribution is 5.87. The first-order valence-corrected chi connectivity index (χ1v) is 5.51. The van der Waals surface area contributed by atoms with E-state index in [4.69, 9.17) is 15.1 Å². The molecule has 0 fully saturated rings. The lowest BCUT2D eigenvalue weighted by Gasteiger charge is -2.06. The molecule has 0 bridgehead atoms. The Bertz CT molecular complexity index is 630. The van der Waals surface area contributed by atoms with Crippen molar-refractivity contribution >= 4 is 5.97 Å². The SMILES string of the molecule is N#CCc1ccc(Oc2cncc(C(=O)O)c2)cc1. The summed E-state index contributed by atoms with van der Waals surface area (Å²) in [4.78, 5) is 14.6. The number of hydrogen-bond acceptors (Lipinski definition) is 4. The summed E-state index contributed by atoms with van der Waals surface area (Å²) in [5.74, 6) is -0.138. The van der Waals surface area contributed by atoms with Crippen molar-refractivity contribution in [3.63, 3.8) is 0 Å². The second-order valence-electron chi connectivity index (χ2n) is 3.80. The molecule has 0 aliphatic heterocycles. The van der Waals surface area contributed by atoms with Gasteiger partial charge in [0.05, 0.1) is 24.3 Å². The van der Waals surface area contributed by atoms with Gasteiger partial charge in [0.1, 0.15) is 11.5 Å². The maximum Gasteiger partial charge on any atom is 0.337 e. The molecule has 0 aliphatic rings. The van der Waals surface area contributed by atoms with Gasteiger partial charge in [0, 0.05) is 6.20 Å². The van der Waals surface area contributed by atoms with Gasteiger partial charge < -0.3 is 9.84 Å². The van der Waals surface area contributed by atoms with E-state index in [2.05, 4.69) is 11.1 Å². The van der Waals surface area contributed by atoms with Crippen LogP contribution in [0.3, 0.4) is 0 Å². The van der Waals surface area contributed by atoms with Crippen molar-refractivity contribution in [2.24, 2.45) is 0 Å². The van der Waals surface area contributed by atoms with Crippen molar-refractivity contribution in [1.29, 1.82) is 5.26 Å². The minimum absolute atomic E-state index is 0.0681. The summed E-state index contributed by atoms with van der Waals surface area (Å²) in [6, 6.07) is 10.5. The Kier molecular flexibility index (Phi) is 3.74. The number of carbonyl (C=O) groups is 1. The second kappa shape index (κ2) is 5.65. The molecule has 0 unspecified atom stereocenters. The number of carboxylic acids is 1. The Balaban J connectivity index is 2.14. The molecule has 0 aliphatic carbocycles. The van der Waals surface area contributed by atoms with Crippen LogP contribution in [-0.4, -0.2) is 16.1 Å². The van der Waals surface area contributed by atoms with Crippen molar-refractivity contribution in [3.05, 3.63) is 53.9 Å². The Morgan fingerprint density at radius 2 is 2.00 bits per heavy atom. The molecular weight excluding hydrogens is 244 g/mol. The normalized spacial score (nSPS) is 9.63. The molecule has 1 aromatic heterocycles. The molecule has 0 saturated heterocycles. The van der Waals surface area contributed by atoms with E-state index in [-0.39, 0.29) is 5.56 Å². The van der Waals surface area contributed by atoms with Crippen LogP contribution < -0.4 is 4.74 Å². The minimum atomic E-state index is -1.05. The van der Waals surface area contributed by atoms with Crippen LogP contribution in [0, 0.1) is 11.3 Å². The fourth-order valence-corrected chi connectivity index (χ4v) is 1.49. The maximum absolute atomic E-state index is 10.8. The van der Waals surface area contributed by atoms with Gasteiger partial charge in [0.25, 0.3) is 0 Å².